The Hall–Kier alpha value is -2.05. The van der Waals surface area contributed by atoms with Gasteiger partial charge >= 0.3 is 5.97 Å². The maximum Gasteiger partial charge on any atom is 0.352 e. The summed E-state index contributed by atoms with van der Waals surface area (Å²) in [5.74, 6) is -0.998. The summed E-state index contributed by atoms with van der Waals surface area (Å²) in [5.41, 5.74) is 1.46. The van der Waals surface area contributed by atoms with Crippen LogP contribution in [0.15, 0.2) is 24.3 Å². The highest BCUT2D eigenvalue weighted by Gasteiger charge is 2.28. The fourth-order valence-electron chi connectivity index (χ4n) is 2.91. The third-order valence-electron chi connectivity index (χ3n) is 4.28. The second-order valence-corrected chi connectivity index (χ2v) is 5.95. The monoisotopic (exact) mass is 337 g/mol. The van der Waals surface area contributed by atoms with E-state index in [4.69, 9.17) is 5.11 Å². The largest absolute Gasteiger partial charge is 0.477 e. The lowest BCUT2D eigenvalue weighted by atomic mass is 10.1. The van der Waals surface area contributed by atoms with E-state index in [0.717, 1.165) is 30.4 Å². The van der Waals surface area contributed by atoms with Crippen molar-refractivity contribution in [2.24, 2.45) is 0 Å². The Morgan fingerprint density at radius 3 is 2.65 bits per heavy atom. The van der Waals surface area contributed by atoms with Gasteiger partial charge in [-0.3, -0.25) is 4.79 Å². The predicted molar refractivity (Wildman–Crippen MR) is 90.5 cm³/mol. The van der Waals surface area contributed by atoms with E-state index in [1.807, 2.05) is 19.0 Å². The number of fused-ring (bicyclic) bond motifs is 1. The first kappa shape index (κ1) is 17.3. The number of likely N-dealkylation sites (tertiary alicyclic amines) is 1. The fourth-order valence-corrected chi connectivity index (χ4v) is 2.91. The summed E-state index contributed by atoms with van der Waals surface area (Å²) in [6.07, 6.45) is 0.980. The summed E-state index contributed by atoms with van der Waals surface area (Å²) < 4.78 is 0. The second kappa shape index (κ2) is 6.60. The molecule has 1 fully saturated rings. The van der Waals surface area contributed by atoms with Gasteiger partial charge in [0.25, 0.3) is 5.91 Å². The molecular formula is C16H20ClN3O3. The zero-order valence-electron chi connectivity index (χ0n) is 13.1. The van der Waals surface area contributed by atoms with E-state index in [0.29, 0.717) is 11.6 Å². The lowest BCUT2D eigenvalue weighted by Crippen LogP contribution is -2.34. The molecule has 1 amide bonds. The highest BCUT2D eigenvalue weighted by Crippen LogP contribution is 2.21. The summed E-state index contributed by atoms with van der Waals surface area (Å²) >= 11 is 0. The van der Waals surface area contributed by atoms with E-state index in [2.05, 4.69) is 9.88 Å². The van der Waals surface area contributed by atoms with Crippen LogP contribution in [0.5, 0.6) is 0 Å². The molecule has 1 aliphatic rings. The molecule has 1 aromatic heterocycles. The number of nitrogens with zero attached hydrogens (tertiary/aromatic N) is 2. The highest BCUT2D eigenvalue weighted by atomic mass is 35.5. The zero-order valence-corrected chi connectivity index (χ0v) is 13.9. The Labute approximate surface area is 140 Å². The Balaban J connectivity index is 0.00000192. The molecule has 0 saturated carbocycles. The number of benzene rings is 1. The minimum atomic E-state index is -1.00. The molecule has 1 aromatic carbocycles. The van der Waals surface area contributed by atoms with Crippen LogP contribution in [0.2, 0.25) is 0 Å². The molecule has 1 aliphatic heterocycles. The van der Waals surface area contributed by atoms with Crippen LogP contribution in [0.3, 0.4) is 0 Å². The van der Waals surface area contributed by atoms with Crippen molar-refractivity contribution in [3.8, 4) is 0 Å². The Kier molecular flexibility index (Phi) is 4.97. The number of hydrogen-bond donors (Lipinski definition) is 2. The van der Waals surface area contributed by atoms with Crippen LogP contribution < -0.4 is 0 Å². The van der Waals surface area contributed by atoms with Crippen LogP contribution in [0.1, 0.15) is 27.3 Å². The molecule has 1 unspecified atom stereocenters. The molecular weight excluding hydrogens is 318 g/mol. The van der Waals surface area contributed by atoms with Crippen LogP contribution in [0, 0.1) is 0 Å². The van der Waals surface area contributed by atoms with E-state index in [1.165, 1.54) is 0 Å². The fraction of sp³-hybridized carbons (Fsp3) is 0.375. The van der Waals surface area contributed by atoms with Crippen molar-refractivity contribution >= 4 is 35.2 Å². The number of H-pyrrole nitrogens is 1. The van der Waals surface area contributed by atoms with Crippen LogP contribution in [-0.2, 0) is 0 Å². The first-order chi connectivity index (χ1) is 10.5. The summed E-state index contributed by atoms with van der Waals surface area (Å²) in [6.45, 7) is 1.49. The van der Waals surface area contributed by atoms with Gasteiger partial charge in [-0.1, -0.05) is 0 Å². The molecule has 2 aromatic rings. The molecule has 2 heterocycles. The van der Waals surface area contributed by atoms with Gasteiger partial charge in [0.2, 0.25) is 0 Å². The van der Waals surface area contributed by atoms with Crippen molar-refractivity contribution in [1.82, 2.24) is 14.8 Å². The van der Waals surface area contributed by atoms with Crippen molar-refractivity contribution < 1.29 is 14.7 Å². The first-order valence-electron chi connectivity index (χ1n) is 7.27. The molecule has 1 saturated heterocycles. The minimum Gasteiger partial charge on any atom is -0.477 e. The maximum absolute atomic E-state index is 12.6. The average Bonchev–Trinajstić information content (AvgIpc) is 3.12. The zero-order chi connectivity index (χ0) is 15.9. The SMILES string of the molecule is CN(C)C1CCN(C(=O)c2ccc3[nH]c(C(=O)O)cc3c2)C1.Cl. The molecule has 6 nitrogen and oxygen atoms in total. The quantitative estimate of drug-likeness (QED) is 0.899. The van der Waals surface area contributed by atoms with E-state index in [-0.39, 0.29) is 24.0 Å². The number of carbonyl (C=O) groups excluding carboxylic acids is 1. The van der Waals surface area contributed by atoms with Gasteiger partial charge in [-0.15, -0.1) is 12.4 Å². The van der Waals surface area contributed by atoms with E-state index in [1.54, 1.807) is 24.3 Å². The molecule has 124 valence electrons. The second-order valence-electron chi connectivity index (χ2n) is 5.95. The Morgan fingerprint density at radius 2 is 2.04 bits per heavy atom. The number of amides is 1. The molecule has 3 rings (SSSR count). The number of carbonyl (C=O) groups is 2. The van der Waals surface area contributed by atoms with Crippen molar-refractivity contribution in [3.05, 3.63) is 35.5 Å². The molecule has 0 spiro atoms. The minimum absolute atomic E-state index is 0. The van der Waals surface area contributed by atoms with Crippen LogP contribution in [0.4, 0.5) is 0 Å². The molecule has 0 aliphatic carbocycles. The van der Waals surface area contributed by atoms with Crippen LogP contribution in [-0.4, -0.2) is 65.0 Å². The number of aromatic nitrogens is 1. The van der Waals surface area contributed by atoms with Crippen molar-refractivity contribution in [2.45, 2.75) is 12.5 Å². The lowest BCUT2D eigenvalue weighted by Gasteiger charge is -2.20. The van der Waals surface area contributed by atoms with Gasteiger partial charge in [0, 0.05) is 35.6 Å². The summed E-state index contributed by atoms with van der Waals surface area (Å²) in [5, 5.41) is 9.75. The third-order valence-corrected chi connectivity index (χ3v) is 4.28. The Bertz CT molecular complexity index is 741. The molecule has 0 radical (unpaired) electrons. The Morgan fingerprint density at radius 1 is 1.30 bits per heavy atom. The number of halogens is 1. The van der Waals surface area contributed by atoms with Gasteiger partial charge < -0.3 is 19.9 Å². The number of nitrogens with one attached hydrogen (secondary N) is 1. The normalized spacial score (nSPS) is 17.5. The molecule has 1 atom stereocenters. The summed E-state index contributed by atoms with van der Waals surface area (Å²) in [6, 6.07) is 7.22. The molecule has 7 heteroatoms. The van der Waals surface area contributed by atoms with Gasteiger partial charge in [0.15, 0.2) is 0 Å². The lowest BCUT2D eigenvalue weighted by molar-refractivity contribution is 0.0690. The van der Waals surface area contributed by atoms with Crippen LogP contribution in [0.25, 0.3) is 10.9 Å². The smallest absolute Gasteiger partial charge is 0.352 e. The third kappa shape index (κ3) is 3.33. The van der Waals surface area contributed by atoms with E-state index < -0.39 is 5.97 Å². The topological polar surface area (TPSA) is 76.6 Å². The van der Waals surface area contributed by atoms with Gasteiger partial charge in [-0.05, 0) is 44.8 Å². The van der Waals surface area contributed by atoms with Gasteiger partial charge in [0.1, 0.15) is 5.69 Å². The molecule has 2 N–H and O–H groups in total. The summed E-state index contributed by atoms with van der Waals surface area (Å²) in [4.78, 5) is 30.4. The van der Waals surface area contributed by atoms with Crippen LogP contribution >= 0.6 is 12.4 Å². The first-order valence-corrected chi connectivity index (χ1v) is 7.27. The van der Waals surface area contributed by atoms with E-state index >= 15 is 0 Å². The standard InChI is InChI=1S/C16H19N3O3.ClH/c1-18(2)12-5-6-19(9-12)15(20)10-3-4-13-11(7-10)8-14(17-13)16(21)22;/h3-4,7-8,12,17H,5-6,9H2,1-2H3,(H,21,22);1H. The average molecular weight is 338 g/mol. The number of aromatic amines is 1. The van der Waals surface area contributed by atoms with Crippen molar-refractivity contribution in [3.63, 3.8) is 0 Å². The number of carboxylic acids is 1. The van der Waals surface area contributed by atoms with Gasteiger partial charge in [-0.25, -0.2) is 4.79 Å². The van der Waals surface area contributed by atoms with Crippen molar-refractivity contribution in [2.75, 3.05) is 27.2 Å². The maximum atomic E-state index is 12.6. The number of aromatic carboxylic acids is 1. The van der Waals surface area contributed by atoms with E-state index in [9.17, 15) is 9.59 Å². The van der Waals surface area contributed by atoms with Gasteiger partial charge in [0.05, 0.1) is 0 Å². The number of rotatable bonds is 3. The predicted octanol–water partition coefficient (Wildman–Crippen LogP) is 2.06. The number of carboxylic acid groups (broad SMARTS) is 1. The van der Waals surface area contributed by atoms with Crippen molar-refractivity contribution in [1.29, 1.82) is 0 Å². The highest BCUT2D eigenvalue weighted by molar-refractivity contribution is 6.00. The molecule has 23 heavy (non-hydrogen) atoms. The molecule has 0 bridgehead atoms. The number of likely N-dealkylation sites (N-methyl/N-ethyl adjacent to an activating group) is 1. The summed E-state index contributed by atoms with van der Waals surface area (Å²) in [7, 11) is 4.05. The van der Waals surface area contributed by atoms with Gasteiger partial charge in [-0.2, -0.15) is 0 Å². The number of hydrogen-bond acceptors (Lipinski definition) is 3.